The molecule has 0 aliphatic carbocycles. The number of ketones is 1. The number of halogens is 1. The predicted octanol–water partition coefficient (Wildman–Crippen LogP) is 5.30. The third-order valence-corrected chi connectivity index (χ3v) is 7.05. The molecule has 2 aliphatic rings. The number of hydrogen-bond acceptors (Lipinski definition) is 5. The number of nitrogens with zero attached hydrogens (tertiary/aromatic N) is 3. The lowest BCUT2D eigenvalue weighted by molar-refractivity contribution is -0.524. The van der Waals surface area contributed by atoms with Crippen LogP contribution in [0.2, 0.25) is 5.02 Å². The number of para-hydroxylation sites is 1. The molecule has 3 aromatic rings. The number of anilines is 2. The zero-order chi connectivity index (χ0) is 24.0. The van der Waals surface area contributed by atoms with Gasteiger partial charge in [-0.2, -0.15) is 0 Å². The maximum atomic E-state index is 14.0. The van der Waals surface area contributed by atoms with Gasteiger partial charge in [-0.05, 0) is 53.6 Å². The average Bonchev–Trinajstić information content (AvgIpc) is 3.20. The lowest BCUT2D eigenvalue weighted by Crippen LogP contribution is -2.44. The Labute approximate surface area is 203 Å². The summed E-state index contributed by atoms with van der Waals surface area (Å²) in [6.45, 7) is 0. The molecule has 2 heterocycles. The average molecular weight is 474 g/mol. The van der Waals surface area contributed by atoms with Gasteiger partial charge in [0, 0.05) is 41.0 Å². The van der Waals surface area contributed by atoms with Gasteiger partial charge in [-0.3, -0.25) is 14.9 Å². The van der Waals surface area contributed by atoms with Crippen LogP contribution in [0.15, 0.2) is 78.9 Å². The monoisotopic (exact) mass is 473 g/mol. The van der Waals surface area contributed by atoms with E-state index in [9.17, 15) is 14.9 Å². The van der Waals surface area contributed by atoms with E-state index in [2.05, 4.69) is 0 Å². The third-order valence-electron chi connectivity index (χ3n) is 6.80. The Kier molecular flexibility index (Phi) is 5.62. The molecule has 0 amide bonds. The van der Waals surface area contributed by atoms with Crippen LogP contribution >= 0.6 is 11.6 Å². The lowest BCUT2D eigenvalue weighted by Gasteiger charge is -2.34. The number of carbonyl (C=O) groups excluding carboxylic acids is 1. The smallest absolute Gasteiger partial charge is 0.245 e. The molecule has 5 rings (SSSR count). The molecule has 6 nitrogen and oxygen atoms in total. The Morgan fingerprint density at radius 2 is 1.68 bits per heavy atom. The van der Waals surface area contributed by atoms with Crippen molar-refractivity contribution in [3.8, 4) is 0 Å². The summed E-state index contributed by atoms with van der Waals surface area (Å²) in [6, 6.07) is 19.9. The van der Waals surface area contributed by atoms with Gasteiger partial charge in [0.2, 0.25) is 6.04 Å². The van der Waals surface area contributed by atoms with Crippen molar-refractivity contribution in [1.29, 1.82) is 0 Å². The maximum absolute atomic E-state index is 14.0. The second-order valence-electron chi connectivity index (χ2n) is 8.92. The first kappa shape index (κ1) is 22.2. The Balaban J connectivity index is 1.69. The van der Waals surface area contributed by atoms with Crippen molar-refractivity contribution >= 4 is 34.8 Å². The zero-order valence-corrected chi connectivity index (χ0v) is 19.6. The van der Waals surface area contributed by atoms with Gasteiger partial charge in [0.25, 0.3) is 0 Å². The Morgan fingerprint density at radius 1 is 1.00 bits per heavy atom. The van der Waals surface area contributed by atoms with Crippen molar-refractivity contribution in [2.45, 2.75) is 24.0 Å². The molecule has 7 heteroatoms. The van der Waals surface area contributed by atoms with Crippen molar-refractivity contribution in [1.82, 2.24) is 0 Å². The molecule has 1 saturated heterocycles. The highest BCUT2D eigenvalue weighted by Crippen LogP contribution is 2.47. The minimum atomic E-state index is -0.976. The van der Waals surface area contributed by atoms with E-state index in [-0.39, 0.29) is 10.7 Å². The summed E-state index contributed by atoms with van der Waals surface area (Å²) < 4.78 is 0. The topological polar surface area (TPSA) is 66.7 Å². The maximum Gasteiger partial charge on any atom is 0.245 e. The van der Waals surface area contributed by atoms with E-state index < -0.39 is 24.0 Å². The number of rotatable bonds is 5. The van der Waals surface area contributed by atoms with Crippen LogP contribution in [0, 0.1) is 10.1 Å². The second-order valence-corrected chi connectivity index (χ2v) is 9.36. The van der Waals surface area contributed by atoms with Gasteiger partial charge >= 0.3 is 0 Å². The molecule has 4 atom stereocenters. The highest BCUT2D eigenvalue weighted by molar-refractivity contribution is 6.30. The number of carbonyl (C=O) groups is 1. The zero-order valence-electron chi connectivity index (χ0n) is 18.8. The Morgan fingerprint density at radius 3 is 2.32 bits per heavy atom. The molecule has 0 unspecified atom stereocenters. The van der Waals surface area contributed by atoms with Gasteiger partial charge in [-0.15, -0.1) is 0 Å². The van der Waals surface area contributed by atoms with Gasteiger partial charge in [-0.1, -0.05) is 54.1 Å². The molecule has 0 bridgehead atoms. The number of hydrogen-bond donors (Lipinski definition) is 0. The molecule has 1 fully saturated rings. The number of nitro groups is 1. The molecule has 0 aromatic heterocycles. The summed E-state index contributed by atoms with van der Waals surface area (Å²) >= 11 is 6.06. The molecular formula is C27H24ClN3O3. The van der Waals surface area contributed by atoms with Gasteiger partial charge in [0.1, 0.15) is 12.1 Å². The fourth-order valence-corrected chi connectivity index (χ4v) is 5.34. The van der Waals surface area contributed by atoms with E-state index in [0.717, 1.165) is 22.5 Å². The highest BCUT2D eigenvalue weighted by atomic mass is 35.5. The highest BCUT2D eigenvalue weighted by Gasteiger charge is 2.58. The standard InChI is InChI=1S/C27H24ClN3O3/c1-29(2)21-14-9-18(10-15-21)24-25(31(33)34)23-16-11-17-5-3-4-6-22(17)30(23)26(24)27(32)19-7-12-20(28)13-8-19/h3-16,23-26H,1-2H3/t23-,24+,25-,26-/m1/s1. The molecule has 172 valence electrons. The van der Waals surface area contributed by atoms with E-state index in [1.54, 1.807) is 24.3 Å². The van der Waals surface area contributed by atoms with Crippen molar-refractivity contribution in [3.05, 3.63) is 111 Å². The number of benzene rings is 3. The van der Waals surface area contributed by atoms with Crippen LogP contribution in [0.1, 0.15) is 27.4 Å². The summed E-state index contributed by atoms with van der Waals surface area (Å²) in [5, 5.41) is 13.0. The van der Waals surface area contributed by atoms with E-state index in [1.165, 1.54) is 0 Å². The van der Waals surface area contributed by atoms with Crippen molar-refractivity contribution in [2.75, 3.05) is 23.9 Å². The van der Waals surface area contributed by atoms with E-state index >= 15 is 0 Å². The van der Waals surface area contributed by atoms with Crippen molar-refractivity contribution in [2.24, 2.45) is 0 Å². The normalized spacial score (nSPS) is 22.7. The number of Topliss-reactive ketones (excluding diaryl/α,β-unsaturated/α-hetero) is 1. The quantitative estimate of drug-likeness (QED) is 0.286. The Hall–Kier alpha value is -3.64. The molecular weight excluding hydrogens is 450 g/mol. The summed E-state index contributed by atoms with van der Waals surface area (Å²) in [7, 11) is 3.89. The molecule has 0 N–H and O–H groups in total. The first-order valence-corrected chi connectivity index (χ1v) is 11.5. The molecule has 0 spiro atoms. The summed E-state index contributed by atoms with van der Waals surface area (Å²) in [4.78, 5) is 30.2. The first-order chi connectivity index (χ1) is 16.4. The molecule has 34 heavy (non-hydrogen) atoms. The van der Waals surface area contributed by atoms with Gasteiger partial charge < -0.3 is 9.80 Å². The van der Waals surface area contributed by atoms with Gasteiger partial charge in [0.05, 0.1) is 5.92 Å². The Bertz CT molecular complexity index is 1270. The van der Waals surface area contributed by atoms with Gasteiger partial charge in [-0.25, -0.2) is 0 Å². The van der Waals surface area contributed by atoms with E-state index in [4.69, 9.17) is 11.6 Å². The second kappa shape index (κ2) is 8.61. The van der Waals surface area contributed by atoms with Crippen LogP contribution in [0.25, 0.3) is 6.08 Å². The minimum Gasteiger partial charge on any atom is -0.378 e. The fraction of sp³-hybridized carbons (Fsp3) is 0.222. The van der Waals surface area contributed by atoms with Crippen LogP contribution in [0.4, 0.5) is 11.4 Å². The van der Waals surface area contributed by atoms with Gasteiger partial charge in [0.15, 0.2) is 5.78 Å². The molecule has 3 aromatic carbocycles. The largest absolute Gasteiger partial charge is 0.378 e. The predicted molar refractivity (Wildman–Crippen MR) is 136 cm³/mol. The van der Waals surface area contributed by atoms with E-state index in [0.29, 0.717) is 10.6 Å². The van der Waals surface area contributed by atoms with E-state index in [1.807, 2.05) is 84.6 Å². The minimum absolute atomic E-state index is 0.155. The molecule has 2 aliphatic heterocycles. The van der Waals surface area contributed by atoms with Crippen LogP contribution in [0.5, 0.6) is 0 Å². The van der Waals surface area contributed by atoms with Crippen LogP contribution < -0.4 is 9.80 Å². The molecule has 0 radical (unpaired) electrons. The SMILES string of the molecule is CN(C)c1ccc([C@H]2[C@H]([N+](=O)[O-])[C@H]3C=Cc4ccccc4N3[C@H]2C(=O)c2ccc(Cl)cc2)cc1. The summed E-state index contributed by atoms with van der Waals surface area (Å²) in [5.74, 6) is -0.784. The molecule has 0 saturated carbocycles. The third kappa shape index (κ3) is 3.64. The lowest BCUT2D eigenvalue weighted by atomic mass is 9.83. The van der Waals surface area contributed by atoms with Crippen molar-refractivity contribution < 1.29 is 9.72 Å². The fourth-order valence-electron chi connectivity index (χ4n) is 5.21. The van der Waals surface area contributed by atoms with Crippen LogP contribution in [-0.2, 0) is 0 Å². The summed E-state index contributed by atoms with van der Waals surface area (Å²) in [6.07, 6.45) is 3.79. The first-order valence-electron chi connectivity index (χ1n) is 11.1. The van der Waals surface area contributed by atoms with Crippen LogP contribution in [-0.4, -0.2) is 42.9 Å². The van der Waals surface area contributed by atoms with Crippen molar-refractivity contribution in [3.63, 3.8) is 0 Å². The summed E-state index contributed by atoms with van der Waals surface area (Å²) in [5.41, 5.74) is 4.03. The number of fused-ring (bicyclic) bond motifs is 3. The van der Waals surface area contributed by atoms with Crippen LogP contribution in [0.3, 0.4) is 0 Å².